The number of carbonyl (C=O) groups is 1. The molecule has 70 valence electrons. The number of benzene rings is 1. The van der Waals surface area contributed by atoms with Crippen molar-refractivity contribution in [2.45, 2.75) is 20.3 Å². The van der Waals surface area contributed by atoms with Crippen LogP contribution in [0.1, 0.15) is 27.9 Å². The molecule has 0 aliphatic heterocycles. The summed E-state index contributed by atoms with van der Waals surface area (Å²) >= 11 is 5.50. The minimum atomic E-state index is 0.123. The number of hydrogen-bond acceptors (Lipinski definition) is 1. The molecule has 13 heavy (non-hydrogen) atoms. The van der Waals surface area contributed by atoms with Crippen molar-refractivity contribution in [2.24, 2.45) is 0 Å². The lowest BCUT2D eigenvalue weighted by Crippen LogP contribution is -2.00. The minimum Gasteiger partial charge on any atom is -0.294 e. The SMILES string of the molecule is Cc1ccc(C(=O)CCCl)cc1C. The van der Waals surface area contributed by atoms with E-state index in [2.05, 4.69) is 0 Å². The van der Waals surface area contributed by atoms with Crippen molar-refractivity contribution in [1.82, 2.24) is 0 Å². The predicted octanol–water partition coefficient (Wildman–Crippen LogP) is 3.12. The molecule has 0 N–H and O–H groups in total. The van der Waals surface area contributed by atoms with E-state index < -0.39 is 0 Å². The van der Waals surface area contributed by atoms with Crippen LogP contribution in [0.25, 0.3) is 0 Å². The monoisotopic (exact) mass is 196 g/mol. The Balaban J connectivity index is 2.90. The van der Waals surface area contributed by atoms with E-state index in [0.717, 1.165) is 11.1 Å². The Hall–Kier alpha value is -0.820. The Morgan fingerprint density at radius 3 is 2.54 bits per heavy atom. The number of halogens is 1. The summed E-state index contributed by atoms with van der Waals surface area (Å²) in [7, 11) is 0. The molecule has 1 aromatic rings. The highest BCUT2D eigenvalue weighted by molar-refractivity contribution is 6.19. The lowest BCUT2D eigenvalue weighted by molar-refractivity contribution is 0.0989. The van der Waals surface area contributed by atoms with Crippen LogP contribution in [0, 0.1) is 13.8 Å². The minimum absolute atomic E-state index is 0.123. The Morgan fingerprint density at radius 1 is 1.31 bits per heavy atom. The van der Waals surface area contributed by atoms with Gasteiger partial charge >= 0.3 is 0 Å². The number of carbonyl (C=O) groups excluding carboxylic acids is 1. The standard InChI is InChI=1S/C11H13ClO/c1-8-3-4-10(7-9(8)2)11(13)5-6-12/h3-4,7H,5-6H2,1-2H3. The van der Waals surface area contributed by atoms with Gasteiger partial charge in [-0.15, -0.1) is 11.6 Å². The summed E-state index contributed by atoms with van der Waals surface area (Å²) in [6, 6.07) is 5.75. The van der Waals surface area contributed by atoms with Crippen LogP contribution < -0.4 is 0 Å². The molecule has 1 rings (SSSR count). The molecule has 0 saturated carbocycles. The first kappa shape index (κ1) is 10.3. The average Bonchev–Trinajstić information content (AvgIpc) is 2.10. The molecule has 0 aromatic heterocycles. The number of aryl methyl sites for hydroxylation is 2. The van der Waals surface area contributed by atoms with Crippen molar-refractivity contribution < 1.29 is 4.79 Å². The van der Waals surface area contributed by atoms with Crippen LogP contribution in [0.15, 0.2) is 18.2 Å². The molecule has 1 nitrogen and oxygen atoms in total. The molecule has 0 aliphatic carbocycles. The predicted molar refractivity (Wildman–Crippen MR) is 55.6 cm³/mol. The highest BCUT2D eigenvalue weighted by atomic mass is 35.5. The van der Waals surface area contributed by atoms with Crippen LogP contribution in [-0.4, -0.2) is 11.7 Å². The van der Waals surface area contributed by atoms with E-state index in [4.69, 9.17) is 11.6 Å². The molecule has 0 saturated heterocycles. The number of Topliss-reactive ketones (excluding diaryl/α,β-unsaturated/α-hetero) is 1. The molecule has 1 aromatic carbocycles. The van der Waals surface area contributed by atoms with Crippen LogP contribution in [-0.2, 0) is 0 Å². The maximum absolute atomic E-state index is 11.4. The van der Waals surface area contributed by atoms with E-state index in [0.29, 0.717) is 12.3 Å². The fourth-order valence-corrected chi connectivity index (χ4v) is 1.32. The Labute approximate surface area is 83.7 Å². The van der Waals surface area contributed by atoms with E-state index in [9.17, 15) is 4.79 Å². The van der Waals surface area contributed by atoms with Crippen LogP contribution in [0.4, 0.5) is 0 Å². The van der Waals surface area contributed by atoms with Gasteiger partial charge in [-0.05, 0) is 31.0 Å². The summed E-state index contributed by atoms with van der Waals surface area (Å²) in [5, 5.41) is 0. The van der Waals surface area contributed by atoms with Gasteiger partial charge in [0.25, 0.3) is 0 Å². The second-order valence-electron chi connectivity index (χ2n) is 3.16. The maximum Gasteiger partial charge on any atom is 0.164 e. The van der Waals surface area contributed by atoms with Crippen molar-refractivity contribution >= 4 is 17.4 Å². The van der Waals surface area contributed by atoms with Gasteiger partial charge in [0.15, 0.2) is 5.78 Å². The third kappa shape index (κ3) is 2.56. The van der Waals surface area contributed by atoms with Gasteiger partial charge in [0.2, 0.25) is 0 Å². The fourth-order valence-electron chi connectivity index (χ4n) is 1.15. The van der Waals surface area contributed by atoms with E-state index in [1.165, 1.54) is 5.56 Å². The van der Waals surface area contributed by atoms with E-state index >= 15 is 0 Å². The largest absolute Gasteiger partial charge is 0.294 e. The van der Waals surface area contributed by atoms with Crippen molar-refractivity contribution in [3.8, 4) is 0 Å². The topological polar surface area (TPSA) is 17.1 Å². The van der Waals surface area contributed by atoms with Gasteiger partial charge in [0.1, 0.15) is 0 Å². The summed E-state index contributed by atoms with van der Waals surface area (Å²) in [4.78, 5) is 11.4. The molecular formula is C11H13ClO. The van der Waals surface area contributed by atoms with Gasteiger partial charge in [-0.3, -0.25) is 4.79 Å². The fraction of sp³-hybridized carbons (Fsp3) is 0.364. The van der Waals surface area contributed by atoms with Gasteiger partial charge < -0.3 is 0 Å². The molecule has 0 aliphatic rings. The zero-order valence-corrected chi connectivity index (χ0v) is 8.69. The normalized spacial score (nSPS) is 10.1. The highest BCUT2D eigenvalue weighted by Gasteiger charge is 2.05. The smallest absolute Gasteiger partial charge is 0.164 e. The van der Waals surface area contributed by atoms with Gasteiger partial charge in [-0.25, -0.2) is 0 Å². The van der Waals surface area contributed by atoms with Crippen molar-refractivity contribution in [3.05, 3.63) is 34.9 Å². The molecule has 0 spiro atoms. The van der Waals surface area contributed by atoms with Crippen molar-refractivity contribution in [2.75, 3.05) is 5.88 Å². The molecule has 0 heterocycles. The van der Waals surface area contributed by atoms with Gasteiger partial charge in [0, 0.05) is 17.9 Å². The van der Waals surface area contributed by atoms with E-state index in [1.54, 1.807) is 0 Å². The average molecular weight is 197 g/mol. The number of alkyl halides is 1. The summed E-state index contributed by atoms with van der Waals surface area (Å²) in [5.41, 5.74) is 3.13. The van der Waals surface area contributed by atoms with Gasteiger partial charge in [0.05, 0.1) is 0 Å². The zero-order valence-electron chi connectivity index (χ0n) is 7.93. The zero-order chi connectivity index (χ0) is 9.84. The summed E-state index contributed by atoms with van der Waals surface area (Å²) in [5.74, 6) is 0.518. The first-order valence-corrected chi connectivity index (χ1v) is 4.85. The molecule has 0 amide bonds. The Morgan fingerprint density at radius 2 is 2.00 bits per heavy atom. The second-order valence-corrected chi connectivity index (χ2v) is 3.54. The molecule has 0 radical (unpaired) electrons. The van der Waals surface area contributed by atoms with Crippen LogP contribution in [0.2, 0.25) is 0 Å². The first-order valence-electron chi connectivity index (χ1n) is 4.31. The van der Waals surface area contributed by atoms with Gasteiger partial charge in [-0.2, -0.15) is 0 Å². The Bertz CT molecular complexity index is 318. The lowest BCUT2D eigenvalue weighted by Gasteiger charge is -2.02. The van der Waals surface area contributed by atoms with Crippen molar-refractivity contribution in [1.29, 1.82) is 0 Å². The van der Waals surface area contributed by atoms with Crippen LogP contribution in [0.3, 0.4) is 0 Å². The second kappa shape index (κ2) is 4.43. The summed E-state index contributed by atoms with van der Waals surface area (Å²) < 4.78 is 0. The maximum atomic E-state index is 11.4. The van der Waals surface area contributed by atoms with E-state index in [-0.39, 0.29) is 5.78 Å². The lowest BCUT2D eigenvalue weighted by atomic mass is 10.0. The van der Waals surface area contributed by atoms with Gasteiger partial charge in [-0.1, -0.05) is 12.1 Å². The molecular weight excluding hydrogens is 184 g/mol. The number of hydrogen-bond donors (Lipinski definition) is 0. The first-order chi connectivity index (χ1) is 6.15. The van der Waals surface area contributed by atoms with Crippen molar-refractivity contribution in [3.63, 3.8) is 0 Å². The quantitative estimate of drug-likeness (QED) is 0.536. The van der Waals surface area contributed by atoms with Crippen LogP contribution in [0.5, 0.6) is 0 Å². The molecule has 0 unspecified atom stereocenters. The number of ketones is 1. The van der Waals surface area contributed by atoms with Crippen LogP contribution >= 0.6 is 11.6 Å². The molecule has 0 fully saturated rings. The summed E-state index contributed by atoms with van der Waals surface area (Å²) in [6.07, 6.45) is 0.421. The summed E-state index contributed by atoms with van der Waals surface area (Å²) in [6.45, 7) is 4.04. The third-order valence-corrected chi connectivity index (χ3v) is 2.34. The molecule has 0 bridgehead atoms. The molecule has 0 atom stereocenters. The van der Waals surface area contributed by atoms with E-state index in [1.807, 2.05) is 32.0 Å². The third-order valence-electron chi connectivity index (χ3n) is 2.15. The highest BCUT2D eigenvalue weighted by Crippen LogP contribution is 2.11. The Kier molecular flexibility index (Phi) is 3.49. The number of rotatable bonds is 3. The molecule has 2 heteroatoms.